The van der Waals surface area contributed by atoms with Crippen molar-refractivity contribution in [3.63, 3.8) is 0 Å². The van der Waals surface area contributed by atoms with Gasteiger partial charge in [0.2, 0.25) is 10.0 Å². The summed E-state index contributed by atoms with van der Waals surface area (Å²) in [5.74, 6) is 0. The number of fused-ring (bicyclic) bond motifs is 1. The summed E-state index contributed by atoms with van der Waals surface area (Å²) in [6, 6.07) is 17.2. The normalized spacial score (nSPS) is 11.6. The third-order valence-electron chi connectivity index (χ3n) is 4.20. The van der Waals surface area contributed by atoms with E-state index in [1.165, 1.54) is 0 Å². The molecule has 0 radical (unpaired) electrons. The SMILES string of the molecule is CS(=O)(=O)Nc1cc(-c2ccnc(Cl)c2)cc(-c2cccc3[nH]ccc23)c1. The molecule has 7 heteroatoms. The molecule has 0 spiro atoms. The van der Waals surface area contributed by atoms with Gasteiger partial charge in [-0.05, 0) is 64.7 Å². The largest absolute Gasteiger partial charge is 0.361 e. The van der Waals surface area contributed by atoms with Crippen LogP contribution in [0.1, 0.15) is 0 Å². The van der Waals surface area contributed by atoms with Crippen LogP contribution in [0.2, 0.25) is 5.15 Å². The molecule has 0 atom stereocenters. The van der Waals surface area contributed by atoms with Gasteiger partial charge in [0, 0.05) is 29.0 Å². The highest BCUT2D eigenvalue weighted by molar-refractivity contribution is 7.92. The molecule has 2 aromatic carbocycles. The molecule has 27 heavy (non-hydrogen) atoms. The molecule has 5 nitrogen and oxygen atoms in total. The number of benzene rings is 2. The summed E-state index contributed by atoms with van der Waals surface area (Å²) in [5, 5.41) is 1.44. The van der Waals surface area contributed by atoms with Crippen molar-refractivity contribution in [2.45, 2.75) is 0 Å². The smallest absolute Gasteiger partial charge is 0.229 e. The fourth-order valence-electron chi connectivity index (χ4n) is 3.14. The first kappa shape index (κ1) is 17.6. The Kier molecular flexibility index (Phi) is 4.37. The molecule has 0 unspecified atom stereocenters. The number of sulfonamides is 1. The van der Waals surface area contributed by atoms with Gasteiger partial charge in [0.25, 0.3) is 0 Å². The number of hydrogen-bond acceptors (Lipinski definition) is 3. The van der Waals surface area contributed by atoms with Gasteiger partial charge in [-0.3, -0.25) is 4.72 Å². The fraction of sp³-hybridized carbons (Fsp3) is 0.0500. The molecule has 2 aromatic heterocycles. The Morgan fingerprint density at radius 2 is 1.81 bits per heavy atom. The third kappa shape index (κ3) is 3.82. The lowest BCUT2D eigenvalue weighted by Crippen LogP contribution is -2.09. The predicted octanol–water partition coefficient (Wildman–Crippen LogP) is 4.92. The topological polar surface area (TPSA) is 74.8 Å². The summed E-state index contributed by atoms with van der Waals surface area (Å²) in [4.78, 5) is 7.21. The highest BCUT2D eigenvalue weighted by Crippen LogP contribution is 2.34. The maximum atomic E-state index is 11.8. The molecule has 2 N–H and O–H groups in total. The second-order valence-corrected chi connectivity index (χ2v) is 8.42. The van der Waals surface area contributed by atoms with Gasteiger partial charge in [-0.1, -0.05) is 23.7 Å². The van der Waals surface area contributed by atoms with Gasteiger partial charge < -0.3 is 4.98 Å². The highest BCUT2D eigenvalue weighted by Gasteiger charge is 2.11. The van der Waals surface area contributed by atoms with Crippen LogP contribution in [-0.2, 0) is 10.0 Å². The van der Waals surface area contributed by atoms with E-state index in [9.17, 15) is 8.42 Å². The Morgan fingerprint density at radius 1 is 1.00 bits per heavy atom. The number of nitrogens with zero attached hydrogens (tertiary/aromatic N) is 1. The van der Waals surface area contributed by atoms with Crippen LogP contribution in [0.25, 0.3) is 33.2 Å². The zero-order chi connectivity index (χ0) is 19.0. The molecule has 0 saturated carbocycles. The van der Waals surface area contributed by atoms with Crippen LogP contribution in [0.4, 0.5) is 5.69 Å². The summed E-state index contributed by atoms with van der Waals surface area (Å²) in [5.41, 5.74) is 5.11. The van der Waals surface area contributed by atoms with Crippen LogP contribution < -0.4 is 4.72 Å². The van der Waals surface area contributed by atoms with Crippen molar-refractivity contribution >= 4 is 38.2 Å². The van der Waals surface area contributed by atoms with Gasteiger partial charge in [-0.15, -0.1) is 0 Å². The molecule has 0 amide bonds. The Bertz CT molecular complexity index is 1250. The summed E-state index contributed by atoms with van der Waals surface area (Å²) >= 11 is 6.03. The van der Waals surface area contributed by atoms with Crippen molar-refractivity contribution in [3.05, 3.63) is 72.1 Å². The molecule has 4 rings (SSSR count). The van der Waals surface area contributed by atoms with E-state index in [2.05, 4.69) is 14.7 Å². The lowest BCUT2D eigenvalue weighted by atomic mass is 9.96. The van der Waals surface area contributed by atoms with Crippen LogP contribution >= 0.6 is 11.6 Å². The van der Waals surface area contributed by atoms with Crippen molar-refractivity contribution in [1.82, 2.24) is 9.97 Å². The molecule has 0 aliphatic rings. The van der Waals surface area contributed by atoms with Gasteiger partial charge >= 0.3 is 0 Å². The van der Waals surface area contributed by atoms with Gasteiger partial charge in [-0.2, -0.15) is 0 Å². The summed E-state index contributed by atoms with van der Waals surface area (Å²) < 4.78 is 26.1. The molecule has 0 fully saturated rings. The van der Waals surface area contributed by atoms with Crippen molar-refractivity contribution in [2.75, 3.05) is 11.0 Å². The van der Waals surface area contributed by atoms with Gasteiger partial charge in [0.1, 0.15) is 5.15 Å². The van der Waals surface area contributed by atoms with Gasteiger partial charge in [-0.25, -0.2) is 13.4 Å². The summed E-state index contributed by atoms with van der Waals surface area (Å²) in [7, 11) is -3.41. The van der Waals surface area contributed by atoms with Crippen molar-refractivity contribution < 1.29 is 8.42 Å². The molecular weight excluding hydrogens is 382 g/mol. The van der Waals surface area contributed by atoms with Crippen LogP contribution in [0.5, 0.6) is 0 Å². The van der Waals surface area contributed by atoms with Gasteiger partial charge in [0.15, 0.2) is 0 Å². The number of H-pyrrole nitrogens is 1. The first-order valence-electron chi connectivity index (χ1n) is 8.20. The predicted molar refractivity (Wildman–Crippen MR) is 110 cm³/mol. The molecular formula is C20H16ClN3O2S. The minimum Gasteiger partial charge on any atom is -0.361 e. The number of aromatic amines is 1. The van der Waals surface area contributed by atoms with Crippen molar-refractivity contribution in [2.24, 2.45) is 0 Å². The Morgan fingerprint density at radius 3 is 2.59 bits per heavy atom. The van der Waals surface area contributed by atoms with E-state index >= 15 is 0 Å². The van der Waals surface area contributed by atoms with E-state index in [0.717, 1.165) is 39.4 Å². The van der Waals surface area contributed by atoms with E-state index in [-0.39, 0.29) is 0 Å². The minimum absolute atomic E-state index is 0.378. The summed E-state index contributed by atoms with van der Waals surface area (Å²) in [6.07, 6.45) is 4.65. The average molecular weight is 398 g/mol. The molecule has 136 valence electrons. The first-order chi connectivity index (χ1) is 12.9. The van der Waals surface area contributed by atoms with Crippen LogP contribution in [0, 0.1) is 0 Å². The number of halogens is 1. The molecule has 0 bridgehead atoms. The maximum Gasteiger partial charge on any atom is 0.229 e. The standard InChI is InChI=1S/C20H16ClN3O2S/c1-27(25,26)24-16-10-14(13-5-7-23-20(21)12-13)9-15(11-16)17-3-2-4-19-18(17)6-8-22-19/h2-12,22,24H,1H3. The number of rotatable bonds is 4. The van der Waals surface area contributed by atoms with Crippen LogP contribution in [-0.4, -0.2) is 24.6 Å². The fourth-order valence-corrected chi connectivity index (χ4v) is 3.86. The van der Waals surface area contributed by atoms with E-state index in [4.69, 9.17) is 11.6 Å². The average Bonchev–Trinajstić information content (AvgIpc) is 3.08. The van der Waals surface area contributed by atoms with Crippen LogP contribution in [0.3, 0.4) is 0 Å². The molecule has 0 saturated heterocycles. The Hall–Kier alpha value is -2.83. The number of aromatic nitrogens is 2. The Labute approximate surface area is 162 Å². The zero-order valence-electron chi connectivity index (χ0n) is 14.4. The van der Waals surface area contributed by atoms with Crippen molar-refractivity contribution in [1.29, 1.82) is 0 Å². The Balaban J connectivity index is 1.94. The second kappa shape index (κ2) is 6.72. The van der Waals surface area contributed by atoms with E-state index < -0.39 is 10.0 Å². The minimum atomic E-state index is -3.41. The van der Waals surface area contributed by atoms with Gasteiger partial charge in [0.05, 0.1) is 6.26 Å². The van der Waals surface area contributed by atoms with E-state index in [1.54, 1.807) is 18.3 Å². The number of nitrogens with one attached hydrogen (secondary N) is 2. The maximum absolute atomic E-state index is 11.8. The highest BCUT2D eigenvalue weighted by atomic mass is 35.5. The third-order valence-corrected chi connectivity index (χ3v) is 5.02. The van der Waals surface area contributed by atoms with E-state index in [1.807, 2.05) is 48.7 Å². The lowest BCUT2D eigenvalue weighted by molar-refractivity contribution is 0.607. The molecule has 0 aliphatic carbocycles. The molecule has 0 aliphatic heterocycles. The number of hydrogen-bond donors (Lipinski definition) is 2. The first-order valence-corrected chi connectivity index (χ1v) is 10.5. The quantitative estimate of drug-likeness (QED) is 0.480. The monoisotopic (exact) mass is 397 g/mol. The van der Waals surface area contributed by atoms with E-state index in [0.29, 0.717) is 10.8 Å². The summed E-state index contributed by atoms with van der Waals surface area (Å²) in [6.45, 7) is 0. The number of anilines is 1. The van der Waals surface area contributed by atoms with Crippen LogP contribution in [0.15, 0.2) is 67.0 Å². The van der Waals surface area contributed by atoms with Crippen molar-refractivity contribution in [3.8, 4) is 22.3 Å². The molecule has 4 aromatic rings. The lowest BCUT2D eigenvalue weighted by Gasteiger charge is -2.12. The molecule has 2 heterocycles. The second-order valence-electron chi connectivity index (χ2n) is 6.28. The zero-order valence-corrected chi connectivity index (χ0v) is 16.0. The number of pyridine rings is 1.